The fourth-order valence-electron chi connectivity index (χ4n) is 2.53. The van der Waals surface area contributed by atoms with Crippen LogP contribution in [0.1, 0.15) is 23.6 Å². The smallest absolute Gasteiger partial charge is 0.258 e. The zero-order valence-corrected chi connectivity index (χ0v) is 16.1. The number of amides is 2. The molecule has 0 aliphatic carbocycles. The van der Waals surface area contributed by atoms with Gasteiger partial charge in [0.1, 0.15) is 0 Å². The molecule has 146 valence electrons. The Morgan fingerprint density at radius 3 is 2.46 bits per heavy atom. The third kappa shape index (κ3) is 5.74. The normalized spacial score (nSPS) is 11.1. The Morgan fingerprint density at radius 1 is 1.14 bits per heavy atom. The number of hydrogen-bond donors (Lipinski definition) is 1. The molecule has 1 N–H and O–H groups in total. The van der Waals surface area contributed by atoms with E-state index in [0.717, 1.165) is 5.56 Å². The van der Waals surface area contributed by atoms with Crippen LogP contribution in [0.15, 0.2) is 48.5 Å². The quantitative estimate of drug-likeness (QED) is 0.757. The van der Waals surface area contributed by atoms with Crippen LogP contribution >= 0.6 is 0 Å². The van der Waals surface area contributed by atoms with Crippen molar-refractivity contribution >= 4 is 11.8 Å². The van der Waals surface area contributed by atoms with Crippen LogP contribution < -0.4 is 14.8 Å². The zero-order valence-electron chi connectivity index (χ0n) is 16.1. The summed E-state index contributed by atoms with van der Waals surface area (Å²) in [7, 11) is 4.81. The largest absolute Gasteiger partial charge is 0.493 e. The number of nitriles is 1. The molecule has 0 bridgehead atoms. The number of rotatable bonds is 8. The van der Waals surface area contributed by atoms with Crippen LogP contribution in [0.3, 0.4) is 0 Å². The molecule has 0 saturated carbocycles. The second-order valence-electron chi connectivity index (χ2n) is 6.29. The van der Waals surface area contributed by atoms with Gasteiger partial charge >= 0.3 is 0 Å². The molecule has 0 aliphatic rings. The third-order valence-electron chi connectivity index (χ3n) is 4.07. The molecule has 2 aromatic rings. The van der Waals surface area contributed by atoms with Crippen molar-refractivity contribution in [2.45, 2.75) is 12.5 Å². The number of carbonyl (C=O) groups is 2. The Labute approximate surface area is 164 Å². The molecule has 0 aliphatic heterocycles. The topological polar surface area (TPSA) is 91.7 Å². The monoisotopic (exact) mass is 381 g/mol. The van der Waals surface area contributed by atoms with Crippen molar-refractivity contribution in [1.29, 1.82) is 5.26 Å². The minimum Gasteiger partial charge on any atom is -0.493 e. The van der Waals surface area contributed by atoms with Crippen molar-refractivity contribution in [3.63, 3.8) is 0 Å². The van der Waals surface area contributed by atoms with E-state index in [4.69, 9.17) is 14.7 Å². The highest BCUT2D eigenvalue weighted by molar-refractivity contribution is 5.80. The Balaban J connectivity index is 2.05. The number of benzene rings is 2. The molecule has 0 heterocycles. The van der Waals surface area contributed by atoms with Gasteiger partial charge in [0.2, 0.25) is 5.91 Å². The van der Waals surface area contributed by atoms with Gasteiger partial charge in [-0.25, -0.2) is 0 Å². The first-order chi connectivity index (χ1) is 13.4. The standard InChI is InChI=1S/C21H23N3O4/c1-24(2)21(26)12-17(16-7-5-4-6-8-16)23-20(25)14-28-18-10-9-15(13-22)11-19(18)27-3/h4-11,17H,12,14H2,1-3H3,(H,23,25). The predicted octanol–water partition coefficient (Wildman–Crippen LogP) is 2.28. The molecule has 0 aromatic heterocycles. The summed E-state index contributed by atoms with van der Waals surface area (Å²) in [5, 5.41) is 11.8. The Morgan fingerprint density at radius 2 is 1.86 bits per heavy atom. The molecule has 7 heteroatoms. The molecule has 7 nitrogen and oxygen atoms in total. The van der Waals surface area contributed by atoms with Crippen LogP contribution in [0.5, 0.6) is 11.5 Å². The zero-order chi connectivity index (χ0) is 20.5. The van der Waals surface area contributed by atoms with Crippen LogP contribution in [-0.4, -0.2) is 44.5 Å². The lowest BCUT2D eigenvalue weighted by molar-refractivity contribution is -0.130. The molecular weight excluding hydrogens is 358 g/mol. The van der Waals surface area contributed by atoms with Crippen LogP contribution in [-0.2, 0) is 9.59 Å². The number of hydrogen-bond acceptors (Lipinski definition) is 5. The average Bonchev–Trinajstić information content (AvgIpc) is 2.72. The van der Waals surface area contributed by atoms with Gasteiger partial charge in [-0.3, -0.25) is 9.59 Å². The summed E-state index contributed by atoms with van der Waals surface area (Å²) < 4.78 is 10.7. The van der Waals surface area contributed by atoms with Crippen molar-refractivity contribution in [2.75, 3.05) is 27.8 Å². The second-order valence-corrected chi connectivity index (χ2v) is 6.29. The van der Waals surface area contributed by atoms with Gasteiger partial charge in [-0.15, -0.1) is 0 Å². The maximum atomic E-state index is 12.4. The molecular formula is C21H23N3O4. The first-order valence-corrected chi connectivity index (χ1v) is 8.70. The molecule has 1 unspecified atom stereocenters. The first kappa shape index (κ1) is 20.8. The molecule has 0 saturated heterocycles. The second kappa shape index (κ2) is 9.97. The number of methoxy groups -OCH3 is 1. The summed E-state index contributed by atoms with van der Waals surface area (Å²) in [6.07, 6.45) is 0.142. The number of nitrogens with zero attached hydrogens (tertiary/aromatic N) is 2. The van der Waals surface area contributed by atoms with Crippen molar-refractivity contribution in [1.82, 2.24) is 10.2 Å². The lowest BCUT2D eigenvalue weighted by Gasteiger charge is -2.21. The van der Waals surface area contributed by atoms with E-state index in [9.17, 15) is 9.59 Å². The van der Waals surface area contributed by atoms with Crippen molar-refractivity contribution in [3.05, 3.63) is 59.7 Å². The highest BCUT2D eigenvalue weighted by Gasteiger charge is 2.20. The average molecular weight is 381 g/mol. The van der Waals surface area contributed by atoms with Crippen LogP contribution in [0.25, 0.3) is 0 Å². The summed E-state index contributed by atoms with van der Waals surface area (Å²) in [6, 6.07) is 15.5. The van der Waals surface area contributed by atoms with Gasteiger partial charge < -0.3 is 19.7 Å². The van der Waals surface area contributed by atoms with Gasteiger partial charge in [0.15, 0.2) is 18.1 Å². The van der Waals surface area contributed by atoms with Gasteiger partial charge in [-0.1, -0.05) is 30.3 Å². The molecule has 0 fully saturated rings. The molecule has 2 amide bonds. The van der Waals surface area contributed by atoms with Crippen LogP contribution in [0, 0.1) is 11.3 Å². The molecule has 2 aromatic carbocycles. The maximum absolute atomic E-state index is 12.4. The molecule has 28 heavy (non-hydrogen) atoms. The summed E-state index contributed by atoms with van der Waals surface area (Å²) in [5.74, 6) is 0.266. The summed E-state index contributed by atoms with van der Waals surface area (Å²) >= 11 is 0. The molecule has 0 radical (unpaired) electrons. The van der Waals surface area contributed by atoms with Crippen molar-refractivity contribution < 1.29 is 19.1 Å². The number of carbonyl (C=O) groups excluding carboxylic acids is 2. The Bertz CT molecular complexity index is 860. The van der Waals surface area contributed by atoms with E-state index < -0.39 is 6.04 Å². The van der Waals surface area contributed by atoms with E-state index in [1.54, 1.807) is 26.2 Å². The number of ether oxygens (including phenoxy) is 2. The van der Waals surface area contributed by atoms with Gasteiger partial charge in [0.25, 0.3) is 5.91 Å². The van der Waals surface area contributed by atoms with E-state index in [0.29, 0.717) is 17.1 Å². The van der Waals surface area contributed by atoms with Gasteiger partial charge in [-0.05, 0) is 17.7 Å². The first-order valence-electron chi connectivity index (χ1n) is 8.70. The van der Waals surface area contributed by atoms with E-state index >= 15 is 0 Å². The van der Waals surface area contributed by atoms with E-state index in [1.807, 2.05) is 36.4 Å². The van der Waals surface area contributed by atoms with Gasteiger partial charge in [0.05, 0.1) is 31.2 Å². The highest BCUT2D eigenvalue weighted by Crippen LogP contribution is 2.27. The lowest BCUT2D eigenvalue weighted by atomic mass is 10.0. The van der Waals surface area contributed by atoms with Crippen molar-refractivity contribution in [3.8, 4) is 17.6 Å². The third-order valence-corrected chi connectivity index (χ3v) is 4.07. The number of nitrogens with one attached hydrogen (secondary N) is 1. The molecule has 1 atom stereocenters. The van der Waals surface area contributed by atoms with Gasteiger partial charge in [0, 0.05) is 20.2 Å². The SMILES string of the molecule is COc1cc(C#N)ccc1OCC(=O)NC(CC(=O)N(C)C)c1ccccc1. The maximum Gasteiger partial charge on any atom is 0.258 e. The summed E-state index contributed by atoms with van der Waals surface area (Å²) in [4.78, 5) is 26.0. The lowest BCUT2D eigenvalue weighted by Crippen LogP contribution is -2.36. The van der Waals surface area contributed by atoms with Crippen LogP contribution in [0.4, 0.5) is 0 Å². The minimum absolute atomic E-state index is 0.0937. The van der Waals surface area contributed by atoms with E-state index in [2.05, 4.69) is 5.32 Å². The van der Waals surface area contributed by atoms with Crippen LogP contribution in [0.2, 0.25) is 0 Å². The van der Waals surface area contributed by atoms with E-state index in [-0.39, 0.29) is 24.8 Å². The summed E-state index contributed by atoms with van der Waals surface area (Å²) in [5.41, 5.74) is 1.27. The summed E-state index contributed by atoms with van der Waals surface area (Å²) in [6.45, 7) is -0.248. The minimum atomic E-state index is -0.463. The molecule has 0 spiro atoms. The Kier molecular flexibility index (Phi) is 7.40. The van der Waals surface area contributed by atoms with E-state index in [1.165, 1.54) is 18.1 Å². The fourth-order valence-corrected chi connectivity index (χ4v) is 2.53. The fraction of sp³-hybridized carbons (Fsp3) is 0.286. The van der Waals surface area contributed by atoms with Crippen molar-refractivity contribution in [2.24, 2.45) is 0 Å². The van der Waals surface area contributed by atoms with Gasteiger partial charge in [-0.2, -0.15) is 5.26 Å². The highest BCUT2D eigenvalue weighted by atomic mass is 16.5. The predicted molar refractivity (Wildman–Crippen MR) is 104 cm³/mol. The molecule has 2 rings (SSSR count). The Hall–Kier alpha value is -3.53.